The Morgan fingerprint density at radius 1 is 1.44 bits per heavy atom. The van der Waals surface area contributed by atoms with Crippen LogP contribution in [0, 0.1) is 5.41 Å². The normalized spacial score (nSPS) is 16.2. The summed E-state index contributed by atoms with van der Waals surface area (Å²) in [6.45, 7) is 9.15. The van der Waals surface area contributed by atoms with E-state index in [4.69, 9.17) is 4.74 Å². The molecule has 0 aromatic heterocycles. The molecule has 0 saturated carbocycles. The molecule has 1 saturated heterocycles. The van der Waals surface area contributed by atoms with E-state index < -0.39 is 0 Å². The minimum Gasteiger partial charge on any atom is -0.366 e. The Kier molecular flexibility index (Phi) is 6.95. The van der Waals surface area contributed by atoms with Gasteiger partial charge >= 0.3 is 0 Å². The van der Waals surface area contributed by atoms with Gasteiger partial charge in [0.15, 0.2) is 0 Å². The van der Waals surface area contributed by atoms with E-state index in [-0.39, 0.29) is 36.4 Å². The highest BCUT2D eigenvalue weighted by molar-refractivity contribution is 5.85. The molecule has 1 aliphatic rings. The number of rotatable bonds is 5. The smallest absolute Gasteiger partial charge is 0.246 e. The molecule has 1 aliphatic heterocycles. The maximum atomic E-state index is 11.3. The van der Waals surface area contributed by atoms with Crippen molar-refractivity contribution in [1.82, 2.24) is 10.6 Å². The molecule has 0 bridgehead atoms. The van der Waals surface area contributed by atoms with Crippen molar-refractivity contribution < 1.29 is 9.53 Å². The van der Waals surface area contributed by atoms with Crippen LogP contribution in [0.3, 0.4) is 0 Å². The summed E-state index contributed by atoms with van der Waals surface area (Å²) in [5.41, 5.74) is 0.270. The summed E-state index contributed by atoms with van der Waals surface area (Å²) >= 11 is 0. The van der Waals surface area contributed by atoms with Crippen molar-refractivity contribution >= 4 is 18.3 Å². The summed E-state index contributed by atoms with van der Waals surface area (Å²) in [4.78, 5) is 11.3. The van der Waals surface area contributed by atoms with E-state index in [0.717, 1.165) is 26.1 Å². The van der Waals surface area contributed by atoms with E-state index >= 15 is 0 Å². The first-order valence-corrected chi connectivity index (χ1v) is 5.56. The highest BCUT2D eigenvalue weighted by Gasteiger charge is 2.18. The van der Waals surface area contributed by atoms with Crippen molar-refractivity contribution in [2.45, 2.75) is 33.3 Å². The van der Waals surface area contributed by atoms with Crippen LogP contribution in [0.1, 0.15) is 27.2 Å². The van der Waals surface area contributed by atoms with Gasteiger partial charge < -0.3 is 15.4 Å². The molecule has 1 amide bonds. The highest BCUT2D eigenvalue weighted by atomic mass is 35.5. The molecule has 0 unspecified atom stereocenters. The van der Waals surface area contributed by atoms with E-state index in [1.165, 1.54) is 0 Å². The van der Waals surface area contributed by atoms with Gasteiger partial charge in [-0.2, -0.15) is 0 Å². The van der Waals surface area contributed by atoms with Crippen LogP contribution >= 0.6 is 12.4 Å². The molecule has 5 heteroatoms. The summed E-state index contributed by atoms with van der Waals surface area (Å²) in [6, 6.07) is 0. The van der Waals surface area contributed by atoms with Gasteiger partial charge in [-0.15, -0.1) is 12.4 Å². The number of hydrogen-bond donors (Lipinski definition) is 2. The van der Waals surface area contributed by atoms with E-state index in [9.17, 15) is 4.79 Å². The van der Waals surface area contributed by atoms with E-state index in [0.29, 0.717) is 0 Å². The Hall–Kier alpha value is -0.320. The molecule has 16 heavy (non-hydrogen) atoms. The van der Waals surface area contributed by atoms with Gasteiger partial charge in [0.1, 0.15) is 6.61 Å². The largest absolute Gasteiger partial charge is 0.366 e. The van der Waals surface area contributed by atoms with Crippen molar-refractivity contribution in [3.8, 4) is 0 Å². The molecule has 0 radical (unpaired) electrons. The fraction of sp³-hybridized carbons (Fsp3) is 0.909. The van der Waals surface area contributed by atoms with Gasteiger partial charge in [0, 0.05) is 19.6 Å². The number of nitrogens with one attached hydrogen (secondary N) is 2. The number of ether oxygens (including phenoxy) is 1. The van der Waals surface area contributed by atoms with Crippen LogP contribution in [0.2, 0.25) is 0 Å². The molecule has 0 aromatic rings. The Balaban J connectivity index is 0.00000225. The van der Waals surface area contributed by atoms with Crippen LogP contribution in [0.5, 0.6) is 0 Å². The number of amides is 1. The Morgan fingerprint density at radius 2 is 2.06 bits per heavy atom. The first kappa shape index (κ1) is 15.7. The van der Waals surface area contributed by atoms with E-state index in [1.54, 1.807) is 0 Å². The number of carbonyl (C=O) groups excluding carboxylic acids is 1. The van der Waals surface area contributed by atoms with Gasteiger partial charge in [-0.05, 0) is 11.8 Å². The lowest BCUT2D eigenvalue weighted by Gasteiger charge is -2.26. The molecular weight excluding hydrogens is 228 g/mol. The van der Waals surface area contributed by atoms with Gasteiger partial charge in [0.2, 0.25) is 5.91 Å². The maximum Gasteiger partial charge on any atom is 0.246 e. The second-order valence-electron chi connectivity index (χ2n) is 5.25. The molecule has 1 rings (SSSR count). The third kappa shape index (κ3) is 7.04. The predicted molar refractivity (Wildman–Crippen MR) is 66.9 cm³/mol. The zero-order valence-corrected chi connectivity index (χ0v) is 11.2. The molecule has 96 valence electrons. The lowest BCUT2D eigenvalue weighted by Crippen LogP contribution is -2.49. The number of hydrogen-bond acceptors (Lipinski definition) is 3. The van der Waals surface area contributed by atoms with Crippen molar-refractivity contribution in [2.75, 3.05) is 26.2 Å². The van der Waals surface area contributed by atoms with Gasteiger partial charge in [-0.1, -0.05) is 20.8 Å². The average molecular weight is 251 g/mol. The summed E-state index contributed by atoms with van der Waals surface area (Å²) in [5, 5.41) is 5.95. The third-order valence-electron chi connectivity index (χ3n) is 2.39. The molecular formula is C11H23ClN2O2. The summed E-state index contributed by atoms with van der Waals surface area (Å²) in [5.74, 6) is -0.00819. The van der Waals surface area contributed by atoms with Crippen molar-refractivity contribution in [2.24, 2.45) is 5.41 Å². The van der Waals surface area contributed by atoms with Crippen molar-refractivity contribution in [3.05, 3.63) is 0 Å². The molecule has 4 nitrogen and oxygen atoms in total. The third-order valence-corrected chi connectivity index (χ3v) is 2.39. The molecule has 1 heterocycles. The zero-order valence-electron chi connectivity index (χ0n) is 10.3. The maximum absolute atomic E-state index is 11.3. The van der Waals surface area contributed by atoms with Gasteiger partial charge in [-0.3, -0.25) is 4.79 Å². The minimum atomic E-state index is -0.00819. The zero-order chi connectivity index (χ0) is 11.3. The minimum absolute atomic E-state index is 0. The summed E-state index contributed by atoms with van der Waals surface area (Å²) in [6.07, 6.45) is 1.22. The van der Waals surface area contributed by atoms with Crippen LogP contribution in [0.25, 0.3) is 0 Å². The molecule has 1 fully saturated rings. The number of carbonyl (C=O) groups is 1. The number of halogens is 1. The monoisotopic (exact) mass is 250 g/mol. The van der Waals surface area contributed by atoms with Gasteiger partial charge in [0.05, 0.1) is 6.10 Å². The molecule has 0 spiro atoms. The first-order chi connectivity index (χ1) is 6.97. The fourth-order valence-electron chi connectivity index (χ4n) is 1.20. The van der Waals surface area contributed by atoms with Gasteiger partial charge in [0.25, 0.3) is 0 Å². The van der Waals surface area contributed by atoms with Crippen molar-refractivity contribution in [1.29, 1.82) is 0 Å². The van der Waals surface area contributed by atoms with Crippen LogP contribution in [0.4, 0.5) is 0 Å². The second-order valence-corrected chi connectivity index (χ2v) is 5.25. The fourth-order valence-corrected chi connectivity index (χ4v) is 1.20. The molecule has 0 aromatic carbocycles. The lowest BCUT2D eigenvalue weighted by atomic mass is 9.92. The van der Waals surface area contributed by atoms with Gasteiger partial charge in [-0.25, -0.2) is 0 Å². The summed E-state index contributed by atoms with van der Waals surface area (Å²) < 4.78 is 5.35. The highest BCUT2D eigenvalue weighted by Crippen LogP contribution is 2.16. The van der Waals surface area contributed by atoms with E-state index in [1.807, 2.05) is 0 Å². The van der Waals surface area contributed by atoms with Crippen molar-refractivity contribution in [3.63, 3.8) is 0 Å². The molecule has 2 N–H and O–H groups in total. The van der Waals surface area contributed by atoms with Crippen LogP contribution in [-0.4, -0.2) is 38.3 Å². The standard InChI is InChI=1S/C11H22N2O2.ClH/c1-11(2,3)4-5-13-10(14)8-15-9-6-12-7-9;/h9,12H,4-8H2,1-3H3,(H,13,14);1H. The lowest BCUT2D eigenvalue weighted by molar-refractivity contribution is -0.128. The predicted octanol–water partition coefficient (Wildman–Crippen LogP) is 0.949. The molecule has 0 aliphatic carbocycles. The summed E-state index contributed by atoms with van der Waals surface area (Å²) in [7, 11) is 0. The van der Waals surface area contributed by atoms with E-state index in [2.05, 4.69) is 31.4 Å². The first-order valence-electron chi connectivity index (χ1n) is 5.56. The van der Waals surface area contributed by atoms with Crippen LogP contribution < -0.4 is 10.6 Å². The molecule has 0 atom stereocenters. The van der Waals surface area contributed by atoms with Crippen LogP contribution in [0.15, 0.2) is 0 Å². The Morgan fingerprint density at radius 3 is 2.50 bits per heavy atom. The topological polar surface area (TPSA) is 50.4 Å². The Bertz CT molecular complexity index is 213. The average Bonchev–Trinajstić information content (AvgIpc) is 1.98. The second kappa shape index (κ2) is 7.09. The quantitative estimate of drug-likeness (QED) is 0.764. The SMILES string of the molecule is CC(C)(C)CCNC(=O)COC1CNC1.Cl. The Labute approximate surface area is 104 Å². The van der Waals surface area contributed by atoms with Crippen LogP contribution in [-0.2, 0) is 9.53 Å².